The summed E-state index contributed by atoms with van der Waals surface area (Å²) < 4.78 is 34.2. The molecule has 0 saturated carbocycles. The molecule has 2 rings (SSSR count). The molecular formula is C13H14ClF2NO3. The van der Waals surface area contributed by atoms with Crippen molar-refractivity contribution in [3.8, 4) is 5.75 Å². The summed E-state index contributed by atoms with van der Waals surface area (Å²) in [6, 6.07) is 6.04. The van der Waals surface area contributed by atoms with Crippen molar-refractivity contribution in [1.29, 1.82) is 0 Å². The molecule has 0 aromatic heterocycles. The van der Waals surface area contributed by atoms with Gasteiger partial charge in [-0.05, 0) is 6.07 Å². The van der Waals surface area contributed by atoms with Gasteiger partial charge in [-0.3, -0.25) is 4.79 Å². The van der Waals surface area contributed by atoms with Crippen LogP contribution in [0, 0.1) is 0 Å². The van der Waals surface area contributed by atoms with Crippen LogP contribution in [0.3, 0.4) is 0 Å². The van der Waals surface area contributed by atoms with Gasteiger partial charge in [0, 0.05) is 18.7 Å². The number of carbonyl (C=O) groups excluding carboxylic acids is 1. The Kier molecular flexibility index (Phi) is 5.14. The number of carbonyl (C=O) groups is 1. The van der Waals surface area contributed by atoms with Gasteiger partial charge in [-0.2, -0.15) is 8.78 Å². The highest BCUT2D eigenvalue weighted by Gasteiger charge is 2.28. The number of alkyl halides is 3. The molecule has 1 unspecified atom stereocenters. The molecule has 20 heavy (non-hydrogen) atoms. The molecule has 110 valence electrons. The largest absolute Gasteiger partial charge is 0.434 e. The van der Waals surface area contributed by atoms with Crippen LogP contribution in [0.15, 0.2) is 24.3 Å². The predicted molar refractivity (Wildman–Crippen MR) is 69.1 cm³/mol. The number of rotatable bonds is 4. The minimum absolute atomic E-state index is 0.0795. The van der Waals surface area contributed by atoms with Crippen LogP contribution in [0.2, 0.25) is 0 Å². The van der Waals surface area contributed by atoms with E-state index in [0.29, 0.717) is 26.3 Å². The lowest BCUT2D eigenvalue weighted by molar-refractivity contribution is -0.135. The highest BCUT2D eigenvalue weighted by atomic mass is 35.5. The standard InChI is InChI=1S/C13H14ClF2NO3/c14-11(12(18)17-5-7-19-8-6-17)9-3-1-2-4-10(9)20-13(15)16/h1-4,11,13H,5-8H2. The lowest BCUT2D eigenvalue weighted by atomic mass is 10.1. The average Bonchev–Trinajstić information content (AvgIpc) is 2.46. The second-order valence-electron chi connectivity index (χ2n) is 4.22. The summed E-state index contributed by atoms with van der Waals surface area (Å²) in [5.74, 6) is -0.413. The van der Waals surface area contributed by atoms with Gasteiger partial charge in [-0.15, -0.1) is 11.6 Å². The van der Waals surface area contributed by atoms with Crippen molar-refractivity contribution < 1.29 is 23.0 Å². The third-order valence-corrected chi connectivity index (χ3v) is 3.37. The number of benzene rings is 1. The quantitative estimate of drug-likeness (QED) is 0.802. The molecule has 1 aliphatic rings. The van der Waals surface area contributed by atoms with E-state index in [9.17, 15) is 13.6 Å². The zero-order valence-electron chi connectivity index (χ0n) is 10.6. The maximum absolute atomic E-state index is 12.3. The molecule has 1 aliphatic heterocycles. The van der Waals surface area contributed by atoms with Gasteiger partial charge in [0.25, 0.3) is 0 Å². The molecular weight excluding hydrogens is 292 g/mol. The van der Waals surface area contributed by atoms with Crippen LogP contribution >= 0.6 is 11.6 Å². The van der Waals surface area contributed by atoms with E-state index in [2.05, 4.69) is 4.74 Å². The van der Waals surface area contributed by atoms with Crippen LogP contribution in [0.5, 0.6) is 5.75 Å². The molecule has 1 heterocycles. The maximum atomic E-state index is 12.3. The van der Waals surface area contributed by atoms with Crippen molar-refractivity contribution in [3.05, 3.63) is 29.8 Å². The minimum Gasteiger partial charge on any atom is -0.434 e. The molecule has 1 fully saturated rings. The van der Waals surface area contributed by atoms with Crippen LogP contribution in [-0.2, 0) is 9.53 Å². The summed E-state index contributed by atoms with van der Waals surface area (Å²) in [6.07, 6.45) is 0. The van der Waals surface area contributed by atoms with Crippen LogP contribution in [0.1, 0.15) is 10.9 Å². The molecule has 0 radical (unpaired) electrons. The van der Waals surface area contributed by atoms with Crippen molar-refractivity contribution >= 4 is 17.5 Å². The molecule has 4 nitrogen and oxygen atoms in total. The first kappa shape index (κ1) is 15.0. The van der Waals surface area contributed by atoms with Crippen molar-refractivity contribution in [3.63, 3.8) is 0 Å². The Hall–Kier alpha value is -1.40. The Morgan fingerprint density at radius 1 is 1.30 bits per heavy atom. The Labute approximate surface area is 120 Å². The first-order chi connectivity index (χ1) is 9.59. The summed E-state index contributed by atoms with van der Waals surface area (Å²) in [6.45, 7) is -1.17. The monoisotopic (exact) mass is 305 g/mol. The zero-order valence-corrected chi connectivity index (χ0v) is 11.4. The number of hydrogen-bond donors (Lipinski definition) is 0. The van der Waals surface area contributed by atoms with Crippen LogP contribution in [-0.4, -0.2) is 43.7 Å². The fourth-order valence-electron chi connectivity index (χ4n) is 1.97. The third kappa shape index (κ3) is 3.58. The third-order valence-electron chi connectivity index (χ3n) is 2.95. The molecule has 7 heteroatoms. The average molecular weight is 306 g/mol. The summed E-state index contributed by atoms with van der Waals surface area (Å²) in [7, 11) is 0. The summed E-state index contributed by atoms with van der Waals surface area (Å²) in [5.41, 5.74) is 0.242. The molecule has 1 aromatic rings. The summed E-state index contributed by atoms with van der Waals surface area (Å²) in [5, 5.41) is -1.05. The second kappa shape index (κ2) is 6.85. The van der Waals surface area contributed by atoms with E-state index in [-0.39, 0.29) is 17.2 Å². The van der Waals surface area contributed by atoms with Gasteiger partial charge in [0.05, 0.1) is 13.2 Å². The number of amides is 1. The zero-order chi connectivity index (χ0) is 14.5. The molecule has 0 bridgehead atoms. The van der Waals surface area contributed by atoms with E-state index in [0.717, 1.165) is 0 Å². The van der Waals surface area contributed by atoms with Crippen LogP contribution in [0.25, 0.3) is 0 Å². The Morgan fingerprint density at radius 3 is 2.60 bits per heavy atom. The van der Waals surface area contributed by atoms with E-state index in [1.54, 1.807) is 17.0 Å². The number of nitrogens with zero attached hydrogens (tertiary/aromatic N) is 1. The first-order valence-electron chi connectivity index (χ1n) is 6.14. The van der Waals surface area contributed by atoms with E-state index in [1.165, 1.54) is 12.1 Å². The van der Waals surface area contributed by atoms with Gasteiger partial charge in [0.15, 0.2) is 0 Å². The van der Waals surface area contributed by atoms with Gasteiger partial charge in [0.2, 0.25) is 5.91 Å². The minimum atomic E-state index is -2.96. The molecule has 0 aliphatic carbocycles. The highest BCUT2D eigenvalue weighted by molar-refractivity contribution is 6.31. The summed E-state index contributed by atoms with van der Waals surface area (Å²) >= 11 is 6.12. The second-order valence-corrected chi connectivity index (χ2v) is 4.65. The fourth-order valence-corrected chi connectivity index (χ4v) is 2.29. The van der Waals surface area contributed by atoms with E-state index < -0.39 is 12.0 Å². The Morgan fingerprint density at radius 2 is 1.95 bits per heavy atom. The topological polar surface area (TPSA) is 38.8 Å². The molecule has 1 amide bonds. The molecule has 0 spiro atoms. The van der Waals surface area contributed by atoms with Gasteiger partial charge in [-0.1, -0.05) is 18.2 Å². The van der Waals surface area contributed by atoms with Crippen molar-refractivity contribution in [2.45, 2.75) is 12.0 Å². The van der Waals surface area contributed by atoms with E-state index in [1.807, 2.05) is 0 Å². The Bertz CT molecular complexity index is 467. The van der Waals surface area contributed by atoms with Crippen LogP contribution < -0.4 is 4.74 Å². The lowest BCUT2D eigenvalue weighted by Gasteiger charge is -2.29. The highest BCUT2D eigenvalue weighted by Crippen LogP contribution is 2.32. The van der Waals surface area contributed by atoms with Gasteiger partial charge in [0.1, 0.15) is 11.1 Å². The maximum Gasteiger partial charge on any atom is 0.387 e. The Balaban J connectivity index is 2.15. The molecule has 1 atom stereocenters. The number of ether oxygens (including phenoxy) is 2. The SMILES string of the molecule is O=C(C(Cl)c1ccccc1OC(F)F)N1CCOCC1. The normalized spacial score (nSPS) is 17.1. The molecule has 0 N–H and O–H groups in total. The van der Waals surface area contributed by atoms with Crippen molar-refractivity contribution in [1.82, 2.24) is 4.90 Å². The number of para-hydroxylation sites is 1. The lowest BCUT2D eigenvalue weighted by Crippen LogP contribution is -2.42. The van der Waals surface area contributed by atoms with Crippen molar-refractivity contribution in [2.75, 3.05) is 26.3 Å². The van der Waals surface area contributed by atoms with E-state index >= 15 is 0 Å². The number of hydrogen-bond acceptors (Lipinski definition) is 3. The van der Waals surface area contributed by atoms with Gasteiger partial charge in [-0.25, -0.2) is 0 Å². The number of morpholine rings is 1. The van der Waals surface area contributed by atoms with Gasteiger partial charge >= 0.3 is 6.61 Å². The molecule has 1 saturated heterocycles. The van der Waals surface area contributed by atoms with E-state index in [4.69, 9.17) is 16.3 Å². The predicted octanol–water partition coefficient (Wildman–Crippen LogP) is 2.43. The fraction of sp³-hybridized carbons (Fsp3) is 0.462. The van der Waals surface area contributed by atoms with Crippen molar-refractivity contribution in [2.24, 2.45) is 0 Å². The summed E-state index contributed by atoms with van der Waals surface area (Å²) in [4.78, 5) is 13.8. The van der Waals surface area contributed by atoms with Crippen LogP contribution in [0.4, 0.5) is 8.78 Å². The number of halogens is 3. The van der Waals surface area contributed by atoms with Gasteiger partial charge < -0.3 is 14.4 Å². The first-order valence-corrected chi connectivity index (χ1v) is 6.57. The smallest absolute Gasteiger partial charge is 0.387 e. The molecule has 1 aromatic carbocycles.